The first kappa shape index (κ1) is 16.1. The SMILES string of the molecule is Cc1ccc(C)c(OCc2nnc(NC(=O)c3ccccc3)s2)c1. The van der Waals surface area contributed by atoms with Crippen molar-refractivity contribution in [3.63, 3.8) is 0 Å². The lowest BCUT2D eigenvalue weighted by molar-refractivity contribution is 0.102. The molecule has 0 aliphatic carbocycles. The minimum absolute atomic E-state index is 0.200. The van der Waals surface area contributed by atoms with Gasteiger partial charge in [-0.25, -0.2) is 0 Å². The summed E-state index contributed by atoms with van der Waals surface area (Å²) in [5.74, 6) is 0.633. The molecule has 3 aromatic rings. The van der Waals surface area contributed by atoms with E-state index in [1.165, 1.54) is 11.3 Å². The zero-order valence-corrected chi connectivity index (χ0v) is 14.3. The summed E-state index contributed by atoms with van der Waals surface area (Å²) in [5, 5.41) is 12.0. The minimum atomic E-state index is -0.200. The molecule has 0 atom stereocenters. The van der Waals surface area contributed by atoms with Gasteiger partial charge in [0.25, 0.3) is 5.91 Å². The highest BCUT2D eigenvalue weighted by Crippen LogP contribution is 2.22. The van der Waals surface area contributed by atoms with Crippen LogP contribution in [0.4, 0.5) is 5.13 Å². The standard InChI is InChI=1S/C18H17N3O2S/c1-12-8-9-13(2)15(10-12)23-11-16-20-21-18(24-16)19-17(22)14-6-4-3-5-7-14/h3-10H,11H2,1-2H3,(H,19,21,22). The molecule has 0 aliphatic rings. The maximum Gasteiger partial charge on any atom is 0.257 e. The fourth-order valence-electron chi connectivity index (χ4n) is 2.12. The van der Waals surface area contributed by atoms with Crippen LogP contribution in [0.15, 0.2) is 48.5 Å². The molecule has 3 rings (SSSR count). The number of aromatic nitrogens is 2. The van der Waals surface area contributed by atoms with Crippen molar-refractivity contribution in [2.45, 2.75) is 20.5 Å². The number of amides is 1. The first-order chi connectivity index (χ1) is 11.6. The quantitative estimate of drug-likeness (QED) is 0.763. The Hall–Kier alpha value is -2.73. The highest BCUT2D eigenvalue weighted by Gasteiger charge is 2.10. The highest BCUT2D eigenvalue weighted by molar-refractivity contribution is 7.15. The van der Waals surface area contributed by atoms with Crippen molar-refractivity contribution < 1.29 is 9.53 Å². The van der Waals surface area contributed by atoms with Crippen molar-refractivity contribution in [2.75, 3.05) is 5.32 Å². The van der Waals surface area contributed by atoms with Gasteiger partial charge >= 0.3 is 0 Å². The third-order valence-electron chi connectivity index (χ3n) is 3.42. The first-order valence-electron chi connectivity index (χ1n) is 7.50. The van der Waals surface area contributed by atoms with Gasteiger partial charge in [0.05, 0.1) is 0 Å². The minimum Gasteiger partial charge on any atom is -0.486 e. The summed E-state index contributed by atoms with van der Waals surface area (Å²) < 4.78 is 5.80. The highest BCUT2D eigenvalue weighted by atomic mass is 32.1. The molecule has 0 spiro atoms. The van der Waals surface area contributed by atoms with Gasteiger partial charge in [-0.15, -0.1) is 10.2 Å². The number of benzene rings is 2. The number of anilines is 1. The van der Waals surface area contributed by atoms with Gasteiger partial charge < -0.3 is 4.74 Å². The summed E-state index contributed by atoms with van der Waals surface area (Å²) in [4.78, 5) is 12.1. The van der Waals surface area contributed by atoms with E-state index >= 15 is 0 Å². The normalized spacial score (nSPS) is 10.4. The summed E-state index contributed by atoms with van der Waals surface area (Å²) >= 11 is 1.31. The van der Waals surface area contributed by atoms with Crippen LogP contribution in [0.5, 0.6) is 5.75 Å². The lowest BCUT2D eigenvalue weighted by Crippen LogP contribution is -2.11. The van der Waals surface area contributed by atoms with E-state index in [2.05, 4.69) is 15.5 Å². The lowest BCUT2D eigenvalue weighted by Gasteiger charge is -2.07. The van der Waals surface area contributed by atoms with Crippen LogP contribution in [0.25, 0.3) is 0 Å². The van der Waals surface area contributed by atoms with E-state index in [9.17, 15) is 4.79 Å². The van der Waals surface area contributed by atoms with Gasteiger partial charge in [0.1, 0.15) is 12.4 Å². The zero-order valence-electron chi connectivity index (χ0n) is 13.4. The van der Waals surface area contributed by atoms with E-state index in [0.717, 1.165) is 16.9 Å². The zero-order chi connectivity index (χ0) is 16.9. The fourth-order valence-corrected chi connectivity index (χ4v) is 2.77. The molecule has 122 valence electrons. The molecule has 5 nitrogen and oxygen atoms in total. The van der Waals surface area contributed by atoms with Crippen molar-refractivity contribution in [1.82, 2.24) is 10.2 Å². The second-order valence-corrected chi connectivity index (χ2v) is 6.44. The van der Waals surface area contributed by atoms with E-state index < -0.39 is 0 Å². The fraction of sp³-hybridized carbons (Fsp3) is 0.167. The molecule has 1 aromatic heterocycles. The number of hydrogen-bond donors (Lipinski definition) is 1. The van der Waals surface area contributed by atoms with Crippen LogP contribution in [0.2, 0.25) is 0 Å². The average molecular weight is 339 g/mol. The van der Waals surface area contributed by atoms with E-state index in [0.29, 0.717) is 22.3 Å². The van der Waals surface area contributed by atoms with Crippen LogP contribution < -0.4 is 10.1 Å². The number of aryl methyl sites for hydroxylation is 2. The Morgan fingerprint density at radius 1 is 1.12 bits per heavy atom. The molecule has 0 radical (unpaired) electrons. The van der Waals surface area contributed by atoms with Crippen molar-refractivity contribution in [3.05, 3.63) is 70.2 Å². The molecule has 0 bridgehead atoms. The number of carbonyl (C=O) groups is 1. The average Bonchev–Trinajstić information content (AvgIpc) is 3.04. The monoisotopic (exact) mass is 339 g/mol. The summed E-state index contributed by atoms with van der Waals surface area (Å²) in [6.07, 6.45) is 0. The van der Waals surface area contributed by atoms with Crippen LogP contribution >= 0.6 is 11.3 Å². The van der Waals surface area contributed by atoms with Gasteiger partial charge in [0.2, 0.25) is 5.13 Å². The summed E-state index contributed by atoms with van der Waals surface area (Å²) in [5.41, 5.74) is 2.80. The van der Waals surface area contributed by atoms with Gasteiger partial charge in [0, 0.05) is 5.56 Å². The number of rotatable bonds is 5. The summed E-state index contributed by atoms with van der Waals surface area (Å²) in [6, 6.07) is 15.1. The maximum atomic E-state index is 12.1. The van der Waals surface area contributed by atoms with E-state index in [4.69, 9.17) is 4.74 Å². The Morgan fingerprint density at radius 2 is 1.92 bits per heavy atom. The number of nitrogens with zero attached hydrogens (tertiary/aromatic N) is 2. The van der Waals surface area contributed by atoms with E-state index in [1.54, 1.807) is 12.1 Å². The molecular weight excluding hydrogens is 322 g/mol. The number of ether oxygens (including phenoxy) is 1. The number of nitrogens with one attached hydrogen (secondary N) is 1. The van der Waals surface area contributed by atoms with Gasteiger partial charge in [-0.1, -0.05) is 41.7 Å². The molecule has 0 fully saturated rings. The largest absolute Gasteiger partial charge is 0.486 e. The molecule has 0 aliphatic heterocycles. The molecule has 0 saturated carbocycles. The van der Waals surface area contributed by atoms with Crippen LogP contribution in [0.3, 0.4) is 0 Å². The lowest BCUT2D eigenvalue weighted by atomic mass is 10.1. The number of hydrogen-bond acceptors (Lipinski definition) is 5. The molecular formula is C18H17N3O2S. The smallest absolute Gasteiger partial charge is 0.257 e. The summed E-state index contributed by atoms with van der Waals surface area (Å²) in [7, 11) is 0. The van der Waals surface area contributed by atoms with Gasteiger partial charge in [-0.2, -0.15) is 0 Å². The van der Waals surface area contributed by atoms with Crippen LogP contribution in [-0.4, -0.2) is 16.1 Å². The Morgan fingerprint density at radius 3 is 2.71 bits per heavy atom. The second-order valence-electron chi connectivity index (χ2n) is 5.38. The Balaban J connectivity index is 1.61. The molecule has 1 heterocycles. The Labute approximate surface area is 144 Å². The molecule has 1 N–H and O–H groups in total. The Kier molecular flexibility index (Phi) is 4.86. The molecule has 0 saturated heterocycles. The van der Waals surface area contributed by atoms with E-state index in [1.807, 2.05) is 50.2 Å². The predicted molar refractivity (Wildman–Crippen MR) is 94.6 cm³/mol. The Bertz CT molecular complexity index is 846. The van der Waals surface area contributed by atoms with Crippen molar-refractivity contribution in [3.8, 4) is 5.75 Å². The van der Waals surface area contributed by atoms with Crippen LogP contribution in [0.1, 0.15) is 26.5 Å². The molecule has 24 heavy (non-hydrogen) atoms. The van der Waals surface area contributed by atoms with Crippen LogP contribution in [0, 0.1) is 13.8 Å². The second kappa shape index (κ2) is 7.23. The molecule has 1 amide bonds. The van der Waals surface area contributed by atoms with Gasteiger partial charge in [-0.3, -0.25) is 10.1 Å². The van der Waals surface area contributed by atoms with Crippen LogP contribution in [-0.2, 0) is 6.61 Å². The maximum absolute atomic E-state index is 12.1. The predicted octanol–water partition coefficient (Wildman–Crippen LogP) is 3.99. The van der Waals surface area contributed by atoms with Crippen molar-refractivity contribution in [1.29, 1.82) is 0 Å². The topological polar surface area (TPSA) is 64.1 Å². The van der Waals surface area contributed by atoms with E-state index in [-0.39, 0.29) is 5.91 Å². The van der Waals surface area contributed by atoms with Gasteiger partial charge in [-0.05, 0) is 43.2 Å². The third-order valence-corrected chi connectivity index (χ3v) is 4.23. The third kappa shape index (κ3) is 3.97. The molecule has 6 heteroatoms. The van der Waals surface area contributed by atoms with Crippen molar-refractivity contribution in [2.24, 2.45) is 0 Å². The first-order valence-corrected chi connectivity index (χ1v) is 8.32. The number of carbonyl (C=O) groups excluding carboxylic acids is 1. The molecule has 0 unspecified atom stereocenters. The molecule has 2 aromatic carbocycles. The summed E-state index contributed by atoms with van der Waals surface area (Å²) in [6.45, 7) is 4.35. The van der Waals surface area contributed by atoms with Crippen molar-refractivity contribution >= 4 is 22.4 Å². The van der Waals surface area contributed by atoms with Gasteiger partial charge in [0.15, 0.2) is 5.01 Å².